The summed E-state index contributed by atoms with van der Waals surface area (Å²) >= 11 is 0. The van der Waals surface area contributed by atoms with Gasteiger partial charge in [0.2, 0.25) is 5.91 Å². The van der Waals surface area contributed by atoms with Crippen LogP contribution in [0.1, 0.15) is 52.8 Å². The van der Waals surface area contributed by atoms with Gasteiger partial charge in [-0.25, -0.2) is 0 Å². The molecule has 6 heteroatoms. The van der Waals surface area contributed by atoms with Crippen LogP contribution in [0.25, 0.3) is 0 Å². The lowest BCUT2D eigenvalue weighted by molar-refractivity contribution is -0.120. The lowest BCUT2D eigenvalue weighted by Crippen LogP contribution is -2.42. The summed E-state index contributed by atoms with van der Waals surface area (Å²) in [4.78, 5) is 40.6. The van der Waals surface area contributed by atoms with Gasteiger partial charge < -0.3 is 10.2 Å². The van der Waals surface area contributed by atoms with Crippen LogP contribution in [0, 0.1) is 0 Å². The molecule has 2 N–H and O–H groups in total. The van der Waals surface area contributed by atoms with Gasteiger partial charge in [0, 0.05) is 24.1 Å². The minimum Gasteiger partial charge on any atom is -0.469 e. The van der Waals surface area contributed by atoms with Gasteiger partial charge in [-0.15, -0.1) is 0 Å². The second-order valence-corrected chi connectivity index (χ2v) is 8.18. The van der Waals surface area contributed by atoms with E-state index in [9.17, 15) is 14.4 Å². The number of primary amides is 1. The van der Waals surface area contributed by atoms with E-state index in [1.54, 1.807) is 42.7 Å². The smallest absolute Gasteiger partial charge is 0.250 e. The number of allylic oxidation sites excluding steroid dienone is 2. The summed E-state index contributed by atoms with van der Waals surface area (Å²) < 4.78 is 5.60. The van der Waals surface area contributed by atoms with Gasteiger partial charge >= 0.3 is 0 Å². The Morgan fingerprint density at radius 1 is 0.906 bits per heavy atom. The molecule has 0 spiro atoms. The maximum atomic E-state index is 13.5. The molecule has 0 saturated carbocycles. The Labute approximate surface area is 185 Å². The van der Waals surface area contributed by atoms with Gasteiger partial charge in [-0.05, 0) is 42.2 Å². The second-order valence-electron chi connectivity index (χ2n) is 8.18. The van der Waals surface area contributed by atoms with Crippen molar-refractivity contribution < 1.29 is 18.8 Å². The molecule has 1 aromatic heterocycles. The number of hydrogen-bond acceptors (Lipinski definition) is 4. The van der Waals surface area contributed by atoms with E-state index in [0.29, 0.717) is 35.6 Å². The highest BCUT2D eigenvalue weighted by atomic mass is 16.3. The number of anilines is 1. The number of ketones is 1. The van der Waals surface area contributed by atoms with E-state index >= 15 is 0 Å². The Bertz CT molecular complexity index is 1230. The van der Waals surface area contributed by atoms with Crippen molar-refractivity contribution in [3.05, 3.63) is 101 Å². The molecule has 2 unspecified atom stereocenters. The molecule has 2 amide bonds. The van der Waals surface area contributed by atoms with Crippen LogP contribution in [-0.4, -0.2) is 17.6 Å². The van der Waals surface area contributed by atoms with E-state index in [1.807, 2.05) is 30.3 Å². The van der Waals surface area contributed by atoms with Crippen LogP contribution in [0.3, 0.4) is 0 Å². The Hall–Kier alpha value is -3.93. The number of para-hydroxylation sites is 1. The Kier molecular flexibility index (Phi) is 4.98. The molecule has 2 atom stereocenters. The SMILES string of the molecule is NC(=O)c1ccccc1N1C(=O)CC(c2ccco2)C2=C1CC(c1ccccc1)CC2=O. The number of benzene rings is 2. The van der Waals surface area contributed by atoms with Crippen LogP contribution in [0.5, 0.6) is 0 Å². The van der Waals surface area contributed by atoms with Crippen LogP contribution >= 0.6 is 0 Å². The molecular weight excluding hydrogens is 404 g/mol. The maximum Gasteiger partial charge on any atom is 0.250 e. The first-order valence-electron chi connectivity index (χ1n) is 10.6. The molecule has 0 radical (unpaired) electrons. The van der Waals surface area contributed by atoms with Crippen molar-refractivity contribution in [1.29, 1.82) is 0 Å². The molecule has 2 heterocycles. The van der Waals surface area contributed by atoms with E-state index in [0.717, 1.165) is 5.56 Å². The molecule has 6 nitrogen and oxygen atoms in total. The van der Waals surface area contributed by atoms with E-state index in [-0.39, 0.29) is 29.6 Å². The average molecular weight is 426 g/mol. The third-order valence-corrected chi connectivity index (χ3v) is 6.30. The fourth-order valence-corrected chi connectivity index (χ4v) is 4.89. The van der Waals surface area contributed by atoms with Crippen molar-refractivity contribution in [2.24, 2.45) is 5.73 Å². The Morgan fingerprint density at radius 2 is 1.66 bits per heavy atom. The first-order chi connectivity index (χ1) is 15.5. The predicted octanol–water partition coefficient (Wildman–Crippen LogP) is 4.30. The molecule has 160 valence electrons. The van der Waals surface area contributed by atoms with Crippen molar-refractivity contribution in [3.8, 4) is 0 Å². The van der Waals surface area contributed by atoms with Crippen LogP contribution in [0.4, 0.5) is 5.69 Å². The monoisotopic (exact) mass is 426 g/mol. The fraction of sp³-hybridized carbons (Fsp3) is 0.192. The quantitative estimate of drug-likeness (QED) is 0.673. The highest BCUT2D eigenvalue weighted by Gasteiger charge is 2.43. The number of rotatable bonds is 4. The summed E-state index contributed by atoms with van der Waals surface area (Å²) in [7, 11) is 0. The third kappa shape index (κ3) is 3.34. The molecule has 2 aliphatic rings. The summed E-state index contributed by atoms with van der Waals surface area (Å²) in [5.74, 6) is -0.718. The van der Waals surface area contributed by atoms with E-state index in [1.165, 1.54) is 4.90 Å². The van der Waals surface area contributed by atoms with Crippen LogP contribution in [0.2, 0.25) is 0 Å². The zero-order chi connectivity index (χ0) is 22.2. The molecule has 0 fully saturated rings. The van der Waals surface area contributed by atoms with Crippen LogP contribution in [0.15, 0.2) is 88.7 Å². The van der Waals surface area contributed by atoms with Gasteiger partial charge in [0.25, 0.3) is 5.91 Å². The van der Waals surface area contributed by atoms with Crippen molar-refractivity contribution in [1.82, 2.24) is 0 Å². The molecule has 1 aliphatic heterocycles. The minimum absolute atomic E-state index is 0.00411. The van der Waals surface area contributed by atoms with Gasteiger partial charge in [-0.3, -0.25) is 19.3 Å². The lowest BCUT2D eigenvalue weighted by atomic mass is 9.74. The fourth-order valence-electron chi connectivity index (χ4n) is 4.89. The number of amides is 2. The van der Waals surface area contributed by atoms with Crippen molar-refractivity contribution >= 4 is 23.3 Å². The second kappa shape index (κ2) is 7.96. The molecule has 5 rings (SSSR count). The summed E-state index contributed by atoms with van der Waals surface area (Å²) in [5, 5.41) is 0. The molecule has 0 saturated heterocycles. The largest absolute Gasteiger partial charge is 0.469 e. The number of nitrogens with two attached hydrogens (primary N) is 1. The van der Waals surface area contributed by atoms with Crippen LogP contribution in [-0.2, 0) is 9.59 Å². The summed E-state index contributed by atoms with van der Waals surface area (Å²) in [5.41, 5.74) is 8.53. The zero-order valence-corrected chi connectivity index (χ0v) is 17.4. The van der Waals surface area contributed by atoms with Gasteiger partial charge in [-0.1, -0.05) is 42.5 Å². The van der Waals surface area contributed by atoms with Gasteiger partial charge in [0.15, 0.2) is 5.78 Å². The Morgan fingerprint density at radius 3 is 2.38 bits per heavy atom. The number of carbonyl (C=O) groups excluding carboxylic acids is 3. The molecule has 1 aliphatic carbocycles. The standard InChI is InChI=1S/C26H22N2O4/c27-26(31)18-9-4-5-10-20(18)28-21-13-17(16-7-2-1-3-8-16)14-22(29)25(21)19(15-24(28)30)23-11-6-12-32-23/h1-12,17,19H,13-15H2,(H2,27,31). The summed E-state index contributed by atoms with van der Waals surface area (Å²) in [6.45, 7) is 0. The number of carbonyl (C=O) groups is 3. The average Bonchev–Trinajstić information content (AvgIpc) is 3.34. The number of furan rings is 1. The van der Waals surface area contributed by atoms with Crippen LogP contribution < -0.4 is 10.6 Å². The predicted molar refractivity (Wildman–Crippen MR) is 119 cm³/mol. The normalized spacial score (nSPS) is 20.9. The topological polar surface area (TPSA) is 93.6 Å². The van der Waals surface area contributed by atoms with E-state index in [4.69, 9.17) is 10.2 Å². The highest BCUT2D eigenvalue weighted by molar-refractivity contribution is 6.10. The van der Waals surface area contributed by atoms with Gasteiger partial charge in [0.05, 0.1) is 23.4 Å². The number of hydrogen-bond donors (Lipinski definition) is 1. The molecular formula is C26H22N2O4. The number of Topliss-reactive ketones (excluding diaryl/α,β-unsaturated/α-hetero) is 1. The Balaban J connectivity index is 1.69. The first kappa shape index (κ1) is 20.0. The summed E-state index contributed by atoms with van der Waals surface area (Å²) in [6.07, 6.45) is 2.50. The zero-order valence-electron chi connectivity index (χ0n) is 17.4. The summed E-state index contributed by atoms with van der Waals surface area (Å²) in [6, 6.07) is 20.1. The minimum atomic E-state index is -0.620. The van der Waals surface area contributed by atoms with Crippen molar-refractivity contribution in [3.63, 3.8) is 0 Å². The van der Waals surface area contributed by atoms with Gasteiger partial charge in [0.1, 0.15) is 5.76 Å². The lowest BCUT2D eigenvalue weighted by Gasteiger charge is -2.40. The third-order valence-electron chi connectivity index (χ3n) is 6.30. The maximum absolute atomic E-state index is 13.5. The molecule has 32 heavy (non-hydrogen) atoms. The van der Waals surface area contributed by atoms with E-state index in [2.05, 4.69) is 0 Å². The van der Waals surface area contributed by atoms with Crippen molar-refractivity contribution in [2.75, 3.05) is 4.90 Å². The molecule has 3 aromatic rings. The molecule has 2 aromatic carbocycles. The first-order valence-corrected chi connectivity index (χ1v) is 10.6. The number of nitrogens with zero attached hydrogens (tertiary/aromatic N) is 1. The van der Waals surface area contributed by atoms with Crippen molar-refractivity contribution in [2.45, 2.75) is 31.1 Å². The highest BCUT2D eigenvalue weighted by Crippen LogP contribution is 2.47. The van der Waals surface area contributed by atoms with E-state index < -0.39 is 11.8 Å². The molecule has 0 bridgehead atoms. The van der Waals surface area contributed by atoms with Gasteiger partial charge in [-0.2, -0.15) is 0 Å².